The lowest BCUT2D eigenvalue weighted by molar-refractivity contribution is -0.0662. The van der Waals surface area contributed by atoms with Gasteiger partial charge in [-0.05, 0) is 51.8 Å². The second-order valence-electron chi connectivity index (χ2n) is 6.91. The zero-order valence-corrected chi connectivity index (χ0v) is 13.1. The number of imidazole rings is 1. The van der Waals surface area contributed by atoms with E-state index in [0.717, 1.165) is 23.4 Å². The molecule has 0 spiro atoms. The van der Waals surface area contributed by atoms with Gasteiger partial charge in [0.05, 0.1) is 35.5 Å². The lowest BCUT2D eigenvalue weighted by Crippen LogP contribution is -2.38. The van der Waals surface area contributed by atoms with Crippen molar-refractivity contribution in [1.29, 1.82) is 0 Å². The topological polar surface area (TPSA) is 49.9 Å². The van der Waals surface area contributed by atoms with Gasteiger partial charge in [-0.1, -0.05) is 12.1 Å². The fraction of sp³-hybridized carbons (Fsp3) is 0.471. The summed E-state index contributed by atoms with van der Waals surface area (Å²) in [5.41, 5.74) is 3.06. The van der Waals surface area contributed by atoms with Crippen molar-refractivity contribution < 1.29 is 4.74 Å². The molecule has 1 saturated heterocycles. The molecule has 2 heterocycles. The van der Waals surface area contributed by atoms with Gasteiger partial charge in [-0.3, -0.25) is 0 Å². The van der Waals surface area contributed by atoms with Gasteiger partial charge < -0.3 is 15.0 Å². The summed E-state index contributed by atoms with van der Waals surface area (Å²) in [6.45, 7) is 8.60. The van der Waals surface area contributed by atoms with Crippen molar-refractivity contribution in [2.45, 2.75) is 51.4 Å². The number of hydrogen-bond donors (Lipinski definition) is 2. The molecule has 4 nitrogen and oxygen atoms in total. The maximum absolute atomic E-state index is 6.13. The van der Waals surface area contributed by atoms with E-state index in [1.807, 2.05) is 6.20 Å². The molecule has 4 heteroatoms. The molecule has 1 aromatic heterocycles. The maximum atomic E-state index is 6.13. The van der Waals surface area contributed by atoms with E-state index in [0.29, 0.717) is 6.04 Å². The molecule has 0 saturated carbocycles. The number of aromatic amines is 1. The van der Waals surface area contributed by atoms with Gasteiger partial charge in [0.2, 0.25) is 0 Å². The predicted molar refractivity (Wildman–Crippen MR) is 85.3 cm³/mol. The molecule has 0 aliphatic carbocycles. The summed E-state index contributed by atoms with van der Waals surface area (Å²) in [5.74, 6) is 0. The lowest BCUT2D eigenvalue weighted by atomic mass is 9.94. The molecule has 1 fully saturated rings. The van der Waals surface area contributed by atoms with Crippen molar-refractivity contribution in [3.8, 4) is 11.3 Å². The van der Waals surface area contributed by atoms with Gasteiger partial charge in [0.15, 0.2) is 0 Å². The quantitative estimate of drug-likeness (QED) is 0.901. The van der Waals surface area contributed by atoms with Crippen LogP contribution in [0.1, 0.15) is 34.1 Å². The summed E-state index contributed by atoms with van der Waals surface area (Å²) in [6.07, 6.45) is 4.53. The van der Waals surface area contributed by atoms with Crippen LogP contribution in [0.25, 0.3) is 11.3 Å². The number of benzene rings is 1. The van der Waals surface area contributed by atoms with Crippen LogP contribution in [0.4, 0.5) is 5.69 Å². The van der Waals surface area contributed by atoms with E-state index in [9.17, 15) is 0 Å². The van der Waals surface area contributed by atoms with E-state index in [1.165, 1.54) is 0 Å². The SMILES string of the molecule is CC1(C)CC(Nc2ccc(-c3cnc[nH]3)cc2)C(C)(C)O1. The molecule has 1 unspecified atom stereocenters. The average molecular weight is 285 g/mol. The van der Waals surface area contributed by atoms with Gasteiger partial charge in [0.25, 0.3) is 0 Å². The van der Waals surface area contributed by atoms with Crippen LogP contribution in [0.2, 0.25) is 0 Å². The fourth-order valence-corrected chi connectivity index (χ4v) is 3.15. The third-order valence-corrected chi connectivity index (χ3v) is 4.11. The fourth-order valence-electron chi connectivity index (χ4n) is 3.15. The van der Waals surface area contributed by atoms with E-state index in [2.05, 4.69) is 67.2 Å². The number of rotatable bonds is 3. The third kappa shape index (κ3) is 2.95. The number of H-pyrrole nitrogens is 1. The molecular formula is C17H23N3O. The molecule has 1 aliphatic rings. The summed E-state index contributed by atoms with van der Waals surface area (Å²) in [7, 11) is 0. The van der Waals surface area contributed by atoms with Crippen LogP contribution in [-0.2, 0) is 4.74 Å². The van der Waals surface area contributed by atoms with E-state index in [1.54, 1.807) is 6.33 Å². The summed E-state index contributed by atoms with van der Waals surface area (Å²) < 4.78 is 6.13. The Hall–Kier alpha value is -1.81. The smallest absolute Gasteiger partial charge is 0.0924 e. The van der Waals surface area contributed by atoms with Gasteiger partial charge in [-0.25, -0.2) is 4.98 Å². The van der Waals surface area contributed by atoms with Crippen LogP contribution < -0.4 is 5.32 Å². The van der Waals surface area contributed by atoms with Crippen LogP contribution in [-0.4, -0.2) is 27.2 Å². The van der Waals surface area contributed by atoms with Crippen LogP contribution in [0.15, 0.2) is 36.8 Å². The molecule has 3 rings (SSSR count). The molecule has 2 N–H and O–H groups in total. The highest BCUT2D eigenvalue weighted by atomic mass is 16.5. The van der Waals surface area contributed by atoms with E-state index in [-0.39, 0.29) is 11.2 Å². The minimum Gasteiger partial charge on any atom is -0.379 e. The van der Waals surface area contributed by atoms with Crippen LogP contribution >= 0.6 is 0 Å². The number of aromatic nitrogens is 2. The first kappa shape index (κ1) is 14.1. The van der Waals surface area contributed by atoms with Gasteiger partial charge in [0.1, 0.15) is 0 Å². The second kappa shape index (κ2) is 4.88. The standard InChI is InChI=1S/C17H23N3O/c1-16(2)9-15(17(3,4)21-16)20-13-7-5-12(6-8-13)14-10-18-11-19-14/h5-8,10-11,15,20H,9H2,1-4H3,(H,18,19). The summed E-state index contributed by atoms with van der Waals surface area (Å²) in [5, 5.41) is 3.61. The Morgan fingerprint density at radius 3 is 2.43 bits per heavy atom. The van der Waals surface area contributed by atoms with Crippen molar-refractivity contribution in [3.63, 3.8) is 0 Å². The Labute approximate surface area is 125 Å². The van der Waals surface area contributed by atoms with Crippen molar-refractivity contribution >= 4 is 5.69 Å². The molecular weight excluding hydrogens is 262 g/mol. The van der Waals surface area contributed by atoms with Crippen molar-refractivity contribution in [3.05, 3.63) is 36.8 Å². The number of hydrogen-bond acceptors (Lipinski definition) is 3. The molecule has 2 aromatic rings. The number of nitrogens with one attached hydrogen (secondary N) is 2. The normalized spacial score (nSPS) is 23.1. The van der Waals surface area contributed by atoms with Crippen molar-refractivity contribution in [2.24, 2.45) is 0 Å². The van der Waals surface area contributed by atoms with Crippen LogP contribution in [0.3, 0.4) is 0 Å². The first-order valence-electron chi connectivity index (χ1n) is 7.41. The number of nitrogens with zero attached hydrogens (tertiary/aromatic N) is 1. The number of ether oxygens (including phenoxy) is 1. The Bertz CT molecular complexity index is 599. The van der Waals surface area contributed by atoms with Crippen LogP contribution in [0, 0.1) is 0 Å². The summed E-state index contributed by atoms with van der Waals surface area (Å²) in [6, 6.07) is 8.73. The third-order valence-electron chi connectivity index (χ3n) is 4.11. The zero-order chi connectivity index (χ0) is 15.1. The second-order valence-corrected chi connectivity index (χ2v) is 6.91. The highest BCUT2D eigenvalue weighted by Gasteiger charge is 2.45. The Balaban J connectivity index is 1.74. The summed E-state index contributed by atoms with van der Waals surface area (Å²) in [4.78, 5) is 7.17. The van der Waals surface area contributed by atoms with Crippen molar-refractivity contribution in [2.75, 3.05) is 5.32 Å². The van der Waals surface area contributed by atoms with E-state index < -0.39 is 0 Å². The molecule has 0 bridgehead atoms. The maximum Gasteiger partial charge on any atom is 0.0924 e. The molecule has 0 amide bonds. The Morgan fingerprint density at radius 2 is 1.90 bits per heavy atom. The minimum atomic E-state index is -0.161. The van der Waals surface area contributed by atoms with Crippen LogP contribution in [0.5, 0.6) is 0 Å². The van der Waals surface area contributed by atoms with E-state index in [4.69, 9.17) is 4.74 Å². The average Bonchev–Trinajstić information content (AvgIpc) is 2.97. The van der Waals surface area contributed by atoms with Gasteiger partial charge in [-0.2, -0.15) is 0 Å². The summed E-state index contributed by atoms with van der Waals surface area (Å²) >= 11 is 0. The van der Waals surface area contributed by atoms with Gasteiger partial charge in [0, 0.05) is 5.69 Å². The lowest BCUT2D eigenvalue weighted by Gasteiger charge is -2.28. The predicted octanol–water partition coefficient (Wildman–Crippen LogP) is 3.83. The Morgan fingerprint density at radius 1 is 1.19 bits per heavy atom. The van der Waals surface area contributed by atoms with Gasteiger partial charge in [-0.15, -0.1) is 0 Å². The molecule has 21 heavy (non-hydrogen) atoms. The molecule has 1 aromatic carbocycles. The molecule has 0 radical (unpaired) electrons. The minimum absolute atomic E-state index is 0.0724. The first-order chi connectivity index (χ1) is 9.86. The van der Waals surface area contributed by atoms with Crippen molar-refractivity contribution in [1.82, 2.24) is 9.97 Å². The highest BCUT2D eigenvalue weighted by Crippen LogP contribution is 2.38. The number of anilines is 1. The molecule has 112 valence electrons. The Kier molecular flexibility index (Phi) is 3.29. The zero-order valence-electron chi connectivity index (χ0n) is 13.1. The van der Waals surface area contributed by atoms with Gasteiger partial charge >= 0.3 is 0 Å². The largest absolute Gasteiger partial charge is 0.379 e. The van der Waals surface area contributed by atoms with E-state index >= 15 is 0 Å². The highest BCUT2D eigenvalue weighted by molar-refractivity contribution is 5.62. The molecule has 1 aliphatic heterocycles. The monoisotopic (exact) mass is 285 g/mol. The molecule has 1 atom stereocenters. The first-order valence-corrected chi connectivity index (χ1v) is 7.41.